The summed E-state index contributed by atoms with van der Waals surface area (Å²) in [6.45, 7) is 3.04. The summed E-state index contributed by atoms with van der Waals surface area (Å²) in [7, 11) is 0. The molecule has 1 aromatic carbocycles. The Hall–Kier alpha value is -1.00. The molecule has 0 bridgehead atoms. The van der Waals surface area contributed by atoms with Gasteiger partial charge in [-0.1, -0.05) is 25.0 Å². The summed E-state index contributed by atoms with van der Waals surface area (Å²) in [5, 5.41) is 11.1. The van der Waals surface area contributed by atoms with E-state index in [0.717, 1.165) is 28.9 Å². The molecule has 0 amide bonds. The molecule has 2 aromatic rings. The number of aliphatic hydroxyl groups is 1. The van der Waals surface area contributed by atoms with Crippen LogP contribution in [0.1, 0.15) is 38.4 Å². The lowest BCUT2D eigenvalue weighted by Crippen LogP contribution is -2.18. The van der Waals surface area contributed by atoms with Crippen LogP contribution in [0.15, 0.2) is 24.3 Å². The van der Waals surface area contributed by atoms with Crippen LogP contribution >= 0.6 is 11.8 Å². The van der Waals surface area contributed by atoms with E-state index in [4.69, 9.17) is 4.98 Å². The molecule has 1 saturated carbocycles. The third-order valence-corrected chi connectivity index (χ3v) is 5.81. The molecule has 1 fully saturated rings. The maximum Gasteiger partial charge on any atom is 0.112 e. The highest BCUT2D eigenvalue weighted by atomic mass is 32.2. The molecular formula is C17H24N2OS. The second-order valence-electron chi connectivity index (χ2n) is 5.86. The Kier molecular flexibility index (Phi) is 4.86. The maximum absolute atomic E-state index is 10.3. The molecule has 0 radical (unpaired) electrons. The van der Waals surface area contributed by atoms with Crippen LogP contribution in [0, 0.1) is 0 Å². The van der Waals surface area contributed by atoms with Crippen molar-refractivity contribution in [3.63, 3.8) is 0 Å². The molecule has 0 saturated heterocycles. The van der Waals surface area contributed by atoms with E-state index >= 15 is 0 Å². The fourth-order valence-corrected chi connectivity index (χ4v) is 4.48. The van der Waals surface area contributed by atoms with Gasteiger partial charge in [0.2, 0.25) is 0 Å². The second-order valence-corrected chi connectivity index (χ2v) is 7.19. The molecule has 4 heteroatoms. The molecule has 1 aliphatic rings. The zero-order valence-electron chi connectivity index (χ0n) is 12.7. The number of imidazole rings is 1. The van der Waals surface area contributed by atoms with E-state index in [-0.39, 0.29) is 6.10 Å². The number of nitrogens with zero attached hydrogens (tertiary/aromatic N) is 2. The monoisotopic (exact) mass is 304 g/mol. The Morgan fingerprint density at radius 3 is 2.86 bits per heavy atom. The van der Waals surface area contributed by atoms with Crippen LogP contribution in [-0.4, -0.2) is 31.8 Å². The van der Waals surface area contributed by atoms with Crippen LogP contribution in [0.2, 0.25) is 0 Å². The molecule has 1 N–H and O–H groups in total. The van der Waals surface area contributed by atoms with E-state index in [9.17, 15) is 5.11 Å². The third-order valence-electron chi connectivity index (χ3n) is 4.29. The molecule has 0 spiro atoms. The number of aliphatic hydroxyl groups excluding tert-OH is 1. The Balaban J connectivity index is 1.65. The zero-order chi connectivity index (χ0) is 14.7. The first-order chi connectivity index (χ1) is 10.3. The average molecular weight is 304 g/mol. The van der Waals surface area contributed by atoms with Crippen molar-refractivity contribution in [1.29, 1.82) is 0 Å². The number of para-hydroxylation sites is 2. The summed E-state index contributed by atoms with van der Waals surface area (Å²) in [5.74, 6) is 1.84. The summed E-state index contributed by atoms with van der Waals surface area (Å²) in [6.07, 6.45) is 5.73. The Labute approximate surface area is 130 Å². The molecule has 1 atom stereocenters. The normalized spacial score (nSPS) is 17.6. The standard InChI is InChI=1S/C17H24N2OS/c1-2-19-16-10-6-5-9-15(16)18-17(19)11-13(20)12-21-14-7-3-4-8-14/h5-6,9-10,13-14,20H,2-4,7-8,11-12H2,1H3. The summed E-state index contributed by atoms with van der Waals surface area (Å²) in [5.41, 5.74) is 2.20. The third kappa shape index (κ3) is 3.43. The lowest BCUT2D eigenvalue weighted by molar-refractivity contribution is 0.196. The van der Waals surface area contributed by atoms with Crippen LogP contribution in [0.4, 0.5) is 0 Å². The molecule has 3 rings (SSSR count). The first kappa shape index (κ1) is 14.9. The minimum absolute atomic E-state index is 0.294. The molecule has 1 unspecified atom stereocenters. The van der Waals surface area contributed by atoms with Crippen LogP contribution in [0.25, 0.3) is 11.0 Å². The van der Waals surface area contributed by atoms with Crippen molar-refractivity contribution in [3.05, 3.63) is 30.1 Å². The predicted molar refractivity (Wildman–Crippen MR) is 89.8 cm³/mol. The van der Waals surface area contributed by atoms with Gasteiger partial charge in [0, 0.05) is 24.0 Å². The average Bonchev–Trinajstić information content (AvgIpc) is 3.12. The van der Waals surface area contributed by atoms with E-state index in [1.807, 2.05) is 30.0 Å². The fourth-order valence-electron chi connectivity index (χ4n) is 3.21. The van der Waals surface area contributed by atoms with Gasteiger partial charge in [-0.2, -0.15) is 11.8 Å². The van der Waals surface area contributed by atoms with Crippen molar-refractivity contribution in [3.8, 4) is 0 Å². The first-order valence-corrected chi connectivity index (χ1v) is 9.06. The topological polar surface area (TPSA) is 38.0 Å². The molecular weight excluding hydrogens is 280 g/mol. The summed E-state index contributed by atoms with van der Waals surface area (Å²) in [4.78, 5) is 4.70. The zero-order valence-corrected chi connectivity index (χ0v) is 13.5. The fraction of sp³-hybridized carbons (Fsp3) is 0.588. The van der Waals surface area contributed by atoms with E-state index in [0.29, 0.717) is 6.42 Å². The van der Waals surface area contributed by atoms with Crippen molar-refractivity contribution in [1.82, 2.24) is 9.55 Å². The largest absolute Gasteiger partial charge is 0.392 e. The van der Waals surface area contributed by atoms with Gasteiger partial charge in [-0.25, -0.2) is 4.98 Å². The highest BCUT2D eigenvalue weighted by molar-refractivity contribution is 7.99. The second kappa shape index (κ2) is 6.84. The Morgan fingerprint density at radius 2 is 2.10 bits per heavy atom. The van der Waals surface area contributed by atoms with Gasteiger partial charge in [0.05, 0.1) is 17.1 Å². The van der Waals surface area contributed by atoms with Gasteiger partial charge in [0.1, 0.15) is 5.82 Å². The van der Waals surface area contributed by atoms with Crippen molar-refractivity contribution >= 4 is 22.8 Å². The van der Waals surface area contributed by atoms with Crippen molar-refractivity contribution in [2.75, 3.05) is 5.75 Å². The minimum Gasteiger partial charge on any atom is -0.392 e. The SMILES string of the molecule is CCn1c(CC(O)CSC2CCCC2)nc2ccccc21. The van der Waals surface area contributed by atoms with E-state index in [1.54, 1.807) is 0 Å². The lowest BCUT2D eigenvalue weighted by Gasteiger charge is -2.14. The number of rotatable bonds is 6. The lowest BCUT2D eigenvalue weighted by atomic mass is 10.2. The smallest absolute Gasteiger partial charge is 0.112 e. The van der Waals surface area contributed by atoms with Gasteiger partial charge in [-0.05, 0) is 31.9 Å². The molecule has 3 nitrogen and oxygen atoms in total. The van der Waals surface area contributed by atoms with Crippen LogP contribution in [0.3, 0.4) is 0 Å². The van der Waals surface area contributed by atoms with Crippen molar-refractivity contribution in [2.24, 2.45) is 0 Å². The summed E-state index contributed by atoms with van der Waals surface area (Å²) >= 11 is 1.94. The van der Waals surface area contributed by atoms with E-state index in [1.165, 1.54) is 31.2 Å². The summed E-state index contributed by atoms with van der Waals surface area (Å²) in [6, 6.07) is 8.22. The highest BCUT2D eigenvalue weighted by Crippen LogP contribution is 2.30. The van der Waals surface area contributed by atoms with Crippen molar-refractivity contribution < 1.29 is 5.11 Å². The number of hydrogen-bond acceptors (Lipinski definition) is 3. The molecule has 1 heterocycles. The number of fused-ring (bicyclic) bond motifs is 1. The Morgan fingerprint density at radius 1 is 1.33 bits per heavy atom. The first-order valence-electron chi connectivity index (χ1n) is 8.01. The van der Waals surface area contributed by atoms with Gasteiger partial charge in [0.25, 0.3) is 0 Å². The molecule has 21 heavy (non-hydrogen) atoms. The Bertz CT molecular complexity index is 589. The van der Waals surface area contributed by atoms with Crippen LogP contribution in [0.5, 0.6) is 0 Å². The van der Waals surface area contributed by atoms with Gasteiger partial charge in [-0.3, -0.25) is 0 Å². The molecule has 114 valence electrons. The van der Waals surface area contributed by atoms with Gasteiger partial charge >= 0.3 is 0 Å². The predicted octanol–water partition coefficient (Wildman–Crippen LogP) is 3.64. The molecule has 0 aliphatic heterocycles. The highest BCUT2D eigenvalue weighted by Gasteiger charge is 2.18. The van der Waals surface area contributed by atoms with Gasteiger partial charge < -0.3 is 9.67 Å². The molecule has 1 aliphatic carbocycles. The summed E-state index contributed by atoms with van der Waals surface area (Å²) < 4.78 is 2.22. The number of aryl methyl sites for hydroxylation is 1. The van der Waals surface area contributed by atoms with Crippen molar-refractivity contribution in [2.45, 2.75) is 56.9 Å². The number of aromatic nitrogens is 2. The van der Waals surface area contributed by atoms with Crippen LogP contribution in [-0.2, 0) is 13.0 Å². The van der Waals surface area contributed by atoms with E-state index in [2.05, 4.69) is 17.6 Å². The molecule has 1 aromatic heterocycles. The number of hydrogen-bond donors (Lipinski definition) is 1. The quantitative estimate of drug-likeness (QED) is 0.885. The van der Waals surface area contributed by atoms with Gasteiger partial charge in [0.15, 0.2) is 0 Å². The van der Waals surface area contributed by atoms with Crippen LogP contribution < -0.4 is 0 Å². The van der Waals surface area contributed by atoms with E-state index < -0.39 is 0 Å². The van der Waals surface area contributed by atoms with Gasteiger partial charge in [-0.15, -0.1) is 0 Å². The number of benzene rings is 1. The maximum atomic E-state index is 10.3. The number of thioether (sulfide) groups is 1. The minimum atomic E-state index is -0.294.